The molecule has 1 aliphatic rings. The Hall–Kier alpha value is -1.47. The van der Waals surface area contributed by atoms with Crippen molar-refractivity contribution in [2.45, 2.75) is 19.1 Å². The molecular weight excluding hydrogens is 316 g/mol. The van der Waals surface area contributed by atoms with Crippen LogP contribution in [0.15, 0.2) is 34.9 Å². The van der Waals surface area contributed by atoms with Crippen molar-refractivity contribution in [1.29, 1.82) is 0 Å². The fraction of sp³-hybridized carbons (Fsp3) is 0.500. The molecule has 7 heteroatoms. The van der Waals surface area contributed by atoms with Gasteiger partial charge >= 0.3 is 0 Å². The zero-order valence-electron chi connectivity index (χ0n) is 13.4. The number of nitrogens with one attached hydrogen (secondary N) is 1. The van der Waals surface area contributed by atoms with Gasteiger partial charge in [-0.25, -0.2) is 0 Å². The Morgan fingerprint density at radius 2 is 2.17 bits per heavy atom. The van der Waals surface area contributed by atoms with Crippen molar-refractivity contribution < 1.29 is 9.26 Å². The van der Waals surface area contributed by atoms with Crippen molar-refractivity contribution in [2.75, 3.05) is 33.3 Å². The van der Waals surface area contributed by atoms with Gasteiger partial charge in [-0.1, -0.05) is 35.5 Å². The molecule has 2 heterocycles. The Labute approximate surface area is 142 Å². The van der Waals surface area contributed by atoms with Gasteiger partial charge in [0.2, 0.25) is 0 Å². The SMILES string of the molecule is CCOC(c1ccccc1)c1nc(C2CNCCN2C)no1.Cl. The summed E-state index contributed by atoms with van der Waals surface area (Å²) in [6.07, 6.45) is -0.311. The van der Waals surface area contributed by atoms with Crippen LogP contribution in [0.5, 0.6) is 0 Å². The highest BCUT2D eigenvalue weighted by Crippen LogP contribution is 2.26. The van der Waals surface area contributed by atoms with Gasteiger partial charge in [0.25, 0.3) is 5.89 Å². The summed E-state index contributed by atoms with van der Waals surface area (Å²) in [5.41, 5.74) is 1.02. The number of aromatic nitrogens is 2. The van der Waals surface area contributed by atoms with Crippen LogP contribution in [0.2, 0.25) is 0 Å². The standard InChI is InChI=1S/C16H22N4O2.ClH/c1-3-21-14(12-7-5-4-6-8-12)16-18-15(19-22-16)13-11-17-9-10-20(13)2;/h4-8,13-14,17H,3,9-11H2,1-2H3;1H. The molecule has 2 unspecified atom stereocenters. The van der Waals surface area contributed by atoms with Crippen LogP contribution in [-0.2, 0) is 4.74 Å². The van der Waals surface area contributed by atoms with E-state index in [1.54, 1.807) is 0 Å². The van der Waals surface area contributed by atoms with Crippen LogP contribution in [0.3, 0.4) is 0 Å². The maximum absolute atomic E-state index is 5.82. The van der Waals surface area contributed by atoms with Crippen molar-refractivity contribution >= 4 is 12.4 Å². The maximum Gasteiger partial charge on any atom is 0.260 e. The Kier molecular flexibility index (Phi) is 6.53. The molecule has 1 N–H and O–H groups in total. The van der Waals surface area contributed by atoms with Gasteiger partial charge in [0.05, 0.1) is 6.04 Å². The third-order valence-electron chi connectivity index (χ3n) is 3.93. The molecule has 2 atom stereocenters. The highest BCUT2D eigenvalue weighted by molar-refractivity contribution is 5.85. The minimum Gasteiger partial charge on any atom is -0.364 e. The summed E-state index contributed by atoms with van der Waals surface area (Å²) in [5.74, 6) is 1.23. The summed E-state index contributed by atoms with van der Waals surface area (Å²) >= 11 is 0. The highest BCUT2D eigenvalue weighted by atomic mass is 35.5. The lowest BCUT2D eigenvalue weighted by Gasteiger charge is -2.30. The number of ether oxygens (including phenoxy) is 1. The quantitative estimate of drug-likeness (QED) is 0.901. The fourth-order valence-corrected chi connectivity index (χ4v) is 2.69. The second-order valence-corrected chi connectivity index (χ2v) is 5.44. The van der Waals surface area contributed by atoms with Crippen LogP contribution in [-0.4, -0.2) is 48.3 Å². The molecule has 0 saturated carbocycles. The minimum absolute atomic E-state index is 0. The number of nitrogens with zero attached hydrogens (tertiary/aromatic N) is 3. The summed E-state index contributed by atoms with van der Waals surface area (Å²) in [7, 11) is 2.08. The van der Waals surface area contributed by atoms with Gasteiger partial charge in [-0.3, -0.25) is 4.90 Å². The smallest absolute Gasteiger partial charge is 0.260 e. The van der Waals surface area contributed by atoms with Crippen molar-refractivity contribution in [3.8, 4) is 0 Å². The summed E-state index contributed by atoms with van der Waals surface area (Å²) in [4.78, 5) is 6.83. The molecule has 0 spiro atoms. The predicted octanol–water partition coefficient (Wildman–Crippen LogP) is 2.19. The monoisotopic (exact) mass is 338 g/mol. The third kappa shape index (κ3) is 4.09. The second-order valence-electron chi connectivity index (χ2n) is 5.44. The average molecular weight is 339 g/mol. The largest absolute Gasteiger partial charge is 0.364 e. The van der Waals surface area contributed by atoms with E-state index in [0.29, 0.717) is 18.3 Å². The van der Waals surface area contributed by atoms with Crippen LogP contribution in [0, 0.1) is 0 Å². The van der Waals surface area contributed by atoms with Gasteiger partial charge in [-0.05, 0) is 19.5 Å². The first-order valence-corrected chi connectivity index (χ1v) is 7.70. The Bertz CT molecular complexity index is 593. The first-order chi connectivity index (χ1) is 10.8. The molecule has 126 valence electrons. The summed E-state index contributed by atoms with van der Waals surface area (Å²) in [6, 6.07) is 10.1. The van der Waals surface area contributed by atoms with E-state index in [4.69, 9.17) is 9.26 Å². The zero-order chi connectivity index (χ0) is 15.4. The van der Waals surface area contributed by atoms with E-state index in [0.717, 1.165) is 25.2 Å². The van der Waals surface area contributed by atoms with E-state index in [2.05, 4.69) is 27.4 Å². The topological polar surface area (TPSA) is 63.4 Å². The normalized spacial score (nSPS) is 20.0. The number of hydrogen-bond acceptors (Lipinski definition) is 6. The molecule has 2 aromatic rings. The van der Waals surface area contributed by atoms with Crippen molar-refractivity contribution in [3.05, 3.63) is 47.6 Å². The molecule has 0 aliphatic carbocycles. The lowest BCUT2D eigenvalue weighted by atomic mass is 10.1. The number of rotatable bonds is 5. The van der Waals surface area contributed by atoms with E-state index in [9.17, 15) is 0 Å². The van der Waals surface area contributed by atoms with Crippen LogP contribution in [0.1, 0.15) is 36.3 Å². The van der Waals surface area contributed by atoms with Gasteiger partial charge in [0.1, 0.15) is 0 Å². The first-order valence-electron chi connectivity index (χ1n) is 7.70. The van der Waals surface area contributed by atoms with Gasteiger partial charge < -0.3 is 14.6 Å². The van der Waals surface area contributed by atoms with Gasteiger partial charge in [0.15, 0.2) is 11.9 Å². The van der Waals surface area contributed by atoms with Gasteiger partial charge in [0, 0.05) is 26.2 Å². The third-order valence-corrected chi connectivity index (χ3v) is 3.93. The van der Waals surface area contributed by atoms with E-state index < -0.39 is 0 Å². The minimum atomic E-state index is -0.311. The van der Waals surface area contributed by atoms with Crippen LogP contribution < -0.4 is 5.32 Å². The molecule has 6 nitrogen and oxygen atoms in total. The number of likely N-dealkylation sites (N-methyl/N-ethyl adjacent to an activating group) is 1. The summed E-state index contributed by atoms with van der Waals surface area (Å²) < 4.78 is 11.3. The highest BCUT2D eigenvalue weighted by Gasteiger charge is 2.28. The molecule has 1 aliphatic heterocycles. The molecule has 0 bridgehead atoms. The van der Waals surface area contributed by atoms with Crippen LogP contribution >= 0.6 is 12.4 Å². The zero-order valence-corrected chi connectivity index (χ0v) is 14.3. The Morgan fingerprint density at radius 1 is 1.39 bits per heavy atom. The number of piperazine rings is 1. The number of halogens is 1. The lowest BCUT2D eigenvalue weighted by Crippen LogP contribution is -2.44. The second kappa shape index (κ2) is 8.40. The van der Waals surface area contributed by atoms with Crippen LogP contribution in [0.25, 0.3) is 0 Å². The van der Waals surface area contributed by atoms with Gasteiger partial charge in [-0.2, -0.15) is 4.98 Å². The fourth-order valence-electron chi connectivity index (χ4n) is 2.69. The number of hydrogen-bond donors (Lipinski definition) is 1. The molecule has 23 heavy (non-hydrogen) atoms. The van der Waals surface area contributed by atoms with E-state index >= 15 is 0 Å². The van der Waals surface area contributed by atoms with Crippen molar-refractivity contribution in [3.63, 3.8) is 0 Å². The molecule has 1 fully saturated rings. The molecule has 1 saturated heterocycles. The molecule has 0 amide bonds. The van der Waals surface area contributed by atoms with Crippen molar-refractivity contribution in [2.24, 2.45) is 0 Å². The first kappa shape index (κ1) is 17.9. The molecular formula is C16H23ClN4O2. The predicted molar refractivity (Wildman–Crippen MR) is 89.7 cm³/mol. The molecule has 1 aromatic heterocycles. The van der Waals surface area contributed by atoms with E-state index in [-0.39, 0.29) is 24.6 Å². The molecule has 1 aromatic carbocycles. The summed E-state index contributed by atoms with van der Waals surface area (Å²) in [6.45, 7) is 5.35. The summed E-state index contributed by atoms with van der Waals surface area (Å²) in [5, 5.41) is 7.54. The van der Waals surface area contributed by atoms with E-state index in [1.807, 2.05) is 37.3 Å². The Morgan fingerprint density at radius 3 is 2.87 bits per heavy atom. The molecule has 3 rings (SSSR count). The van der Waals surface area contributed by atoms with E-state index in [1.165, 1.54) is 0 Å². The average Bonchev–Trinajstić information content (AvgIpc) is 3.03. The van der Waals surface area contributed by atoms with Crippen molar-refractivity contribution in [1.82, 2.24) is 20.4 Å². The van der Waals surface area contributed by atoms with Crippen LogP contribution in [0.4, 0.5) is 0 Å². The van der Waals surface area contributed by atoms with Gasteiger partial charge in [-0.15, -0.1) is 12.4 Å². The lowest BCUT2D eigenvalue weighted by molar-refractivity contribution is 0.0667. The number of benzene rings is 1. The molecule has 0 radical (unpaired) electrons. The Balaban J connectivity index is 0.00000192. The maximum atomic E-state index is 5.82.